The molecule has 0 aromatic heterocycles. The highest BCUT2D eigenvalue weighted by molar-refractivity contribution is 5.93. The van der Waals surface area contributed by atoms with Gasteiger partial charge >= 0.3 is 0 Å². The summed E-state index contributed by atoms with van der Waals surface area (Å²) in [5, 5.41) is 8.70. The van der Waals surface area contributed by atoms with Crippen LogP contribution in [0.4, 0.5) is 4.39 Å². The lowest BCUT2D eigenvalue weighted by Gasteiger charge is -2.33. The average molecular weight is 308 g/mol. The van der Waals surface area contributed by atoms with E-state index in [1.54, 1.807) is 11.5 Å². The second kappa shape index (κ2) is 6.73. The first-order chi connectivity index (χ1) is 10.7. The maximum absolute atomic E-state index is 14.1. The van der Waals surface area contributed by atoms with Crippen LogP contribution in [0.15, 0.2) is 12.1 Å². The van der Waals surface area contributed by atoms with E-state index >= 15 is 0 Å². The van der Waals surface area contributed by atoms with Crippen molar-refractivity contribution >= 4 is 5.91 Å². The molecule has 1 amide bonds. The topological polar surface area (TPSA) is 61.8 Å². The summed E-state index contributed by atoms with van der Waals surface area (Å²) >= 11 is 0. The molecule has 5 nitrogen and oxygen atoms in total. The molecule has 0 bridgehead atoms. The van der Waals surface area contributed by atoms with Crippen molar-refractivity contribution in [2.24, 2.45) is 0 Å². The minimum absolute atomic E-state index is 0.148. The third kappa shape index (κ3) is 3.29. The Balaban J connectivity index is 1.73. The number of hydrogen-bond acceptors (Lipinski definition) is 4. The van der Waals surface area contributed by atoms with Crippen LogP contribution in [0.1, 0.15) is 40.7 Å². The van der Waals surface area contributed by atoms with E-state index in [1.807, 2.05) is 0 Å². The predicted octanol–water partition coefficient (Wildman–Crippen LogP) is 1.87. The van der Waals surface area contributed by atoms with Crippen LogP contribution in [0.25, 0.3) is 0 Å². The van der Waals surface area contributed by atoms with E-state index in [9.17, 15) is 9.18 Å². The molecule has 0 unspecified atom stereocenters. The average Bonchev–Trinajstić information content (AvgIpc) is 2.54. The Labute approximate surface area is 129 Å². The maximum Gasteiger partial charge on any atom is 0.274 e. The monoisotopic (exact) mass is 308 g/mol. The summed E-state index contributed by atoms with van der Waals surface area (Å²) in [4.78, 5) is 13.7. The quantitative estimate of drug-likeness (QED) is 0.661. The molecule has 2 N–H and O–H groups in total. The number of halogens is 1. The minimum atomic E-state index is -0.686. The SMILES string of the molecule is O=C(NO)c1cc(F)c2c(c1)CN(C[C@@H]1CCCCO1)CC2. The third-order valence-corrected chi connectivity index (χ3v) is 4.46. The van der Waals surface area contributed by atoms with Gasteiger partial charge in [0.1, 0.15) is 5.82 Å². The largest absolute Gasteiger partial charge is 0.377 e. The Bertz CT molecular complexity index is 559. The number of nitrogens with zero attached hydrogens (tertiary/aromatic N) is 1. The molecule has 6 heteroatoms. The van der Waals surface area contributed by atoms with Crippen molar-refractivity contribution in [3.05, 3.63) is 34.6 Å². The van der Waals surface area contributed by atoms with Gasteiger partial charge in [-0.15, -0.1) is 0 Å². The summed E-state index contributed by atoms with van der Waals surface area (Å²) in [7, 11) is 0. The number of hydroxylamine groups is 1. The van der Waals surface area contributed by atoms with Gasteiger partial charge in [-0.25, -0.2) is 9.87 Å². The molecule has 1 atom stereocenters. The van der Waals surface area contributed by atoms with E-state index in [0.717, 1.165) is 38.1 Å². The predicted molar refractivity (Wildman–Crippen MR) is 78.2 cm³/mol. The smallest absolute Gasteiger partial charge is 0.274 e. The molecule has 1 fully saturated rings. The van der Waals surface area contributed by atoms with Crippen LogP contribution in [0, 0.1) is 5.82 Å². The van der Waals surface area contributed by atoms with Crippen LogP contribution in [0.3, 0.4) is 0 Å². The Morgan fingerprint density at radius 3 is 3.05 bits per heavy atom. The van der Waals surface area contributed by atoms with Crippen molar-refractivity contribution in [1.29, 1.82) is 0 Å². The molecule has 120 valence electrons. The van der Waals surface area contributed by atoms with Crippen LogP contribution < -0.4 is 5.48 Å². The highest BCUT2D eigenvalue weighted by Crippen LogP contribution is 2.25. The molecule has 2 heterocycles. The van der Waals surface area contributed by atoms with Crippen molar-refractivity contribution in [2.45, 2.75) is 38.3 Å². The summed E-state index contributed by atoms with van der Waals surface area (Å²) in [6.45, 7) is 3.08. The van der Waals surface area contributed by atoms with E-state index < -0.39 is 5.91 Å². The fraction of sp³-hybridized carbons (Fsp3) is 0.562. The zero-order valence-electron chi connectivity index (χ0n) is 12.5. The first-order valence-electron chi connectivity index (χ1n) is 7.77. The number of amides is 1. The fourth-order valence-corrected chi connectivity index (χ4v) is 3.30. The van der Waals surface area contributed by atoms with Crippen molar-refractivity contribution in [3.8, 4) is 0 Å². The summed E-state index contributed by atoms with van der Waals surface area (Å²) in [6, 6.07) is 2.85. The lowest BCUT2D eigenvalue weighted by molar-refractivity contribution is -0.00810. The van der Waals surface area contributed by atoms with Gasteiger partial charge < -0.3 is 4.74 Å². The fourth-order valence-electron chi connectivity index (χ4n) is 3.30. The molecule has 0 aliphatic carbocycles. The third-order valence-electron chi connectivity index (χ3n) is 4.46. The molecule has 1 aromatic rings. The van der Waals surface area contributed by atoms with Gasteiger partial charge in [-0.05, 0) is 48.9 Å². The summed E-state index contributed by atoms with van der Waals surface area (Å²) < 4.78 is 19.9. The van der Waals surface area contributed by atoms with Crippen LogP contribution in [0.5, 0.6) is 0 Å². The van der Waals surface area contributed by atoms with Crippen LogP contribution in [-0.2, 0) is 17.7 Å². The van der Waals surface area contributed by atoms with Crippen LogP contribution in [-0.4, -0.2) is 41.8 Å². The molecular formula is C16H21FN2O3. The molecule has 1 aromatic carbocycles. The standard InChI is InChI=1S/C16H21FN2O3/c17-15-8-11(16(20)18-21)7-12-9-19(5-4-14(12)15)10-13-3-1-2-6-22-13/h7-8,13,21H,1-6,9-10H2,(H,18,20)/t13-/m0/s1. The lowest BCUT2D eigenvalue weighted by Crippen LogP contribution is -2.39. The molecule has 2 aliphatic heterocycles. The van der Waals surface area contributed by atoms with Crippen molar-refractivity contribution < 1.29 is 19.1 Å². The highest BCUT2D eigenvalue weighted by Gasteiger charge is 2.24. The zero-order valence-corrected chi connectivity index (χ0v) is 12.5. The normalized spacial score (nSPS) is 22.2. The van der Waals surface area contributed by atoms with E-state index in [2.05, 4.69) is 4.90 Å². The zero-order chi connectivity index (χ0) is 15.5. The van der Waals surface area contributed by atoms with Crippen LogP contribution in [0.2, 0.25) is 0 Å². The molecule has 22 heavy (non-hydrogen) atoms. The molecule has 1 saturated heterocycles. The molecule has 0 radical (unpaired) electrons. The highest BCUT2D eigenvalue weighted by atomic mass is 19.1. The molecular weight excluding hydrogens is 287 g/mol. The van der Waals surface area contributed by atoms with Gasteiger partial charge in [-0.3, -0.25) is 14.9 Å². The number of ether oxygens (including phenoxy) is 1. The van der Waals surface area contributed by atoms with E-state index in [4.69, 9.17) is 9.94 Å². The van der Waals surface area contributed by atoms with Gasteiger partial charge in [-0.2, -0.15) is 0 Å². The van der Waals surface area contributed by atoms with Crippen molar-refractivity contribution in [3.63, 3.8) is 0 Å². The Kier molecular flexibility index (Phi) is 4.71. The van der Waals surface area contributed by atoms with Gasteiger partial charge in [0, 0.05) is 31.8 Å². The van der Waals surface area contributed by atoms with E-state index in [0.29, 0.717) is 18.5 Å². The summed E-state index contributed by atoms with van der Waals surface area (Å²) in [6.07, 6.45) is 4.29. The first kappa shape index (κ1) is 15.4. The summed E-state index contributed by atoms with van der Waals surface area (Å²) in [5.41, 5.74) is 3.20. The van der Waals surface area contributed by atoms with E-state index in [1.165, 1.54) is 12.5 Å². The number of nitrogens with one attached hydrogen (secondary N) is 1. The van der Waals surface area contributed by atoms with Gasteiger partial charge in [-0.1, -0.05) is 0 Å². The number of carbonyl (C=O) groups excluding carboxylic acids is 1. The number of benzene rings is 1. The van der Waals surface area contributed by atoms with Gasteiger partial charge in [0.2, 0.25) is 0 Å². The number of rotatable bonds is 3. The lowest BCUT2D eigenvalue weighted by atomic mass is 9.96. The Morgan fingerprint density at radius 1 is 1.45 bits per heavy atom. The van der Waals surface area contributed by atoms with Crippen LogP contribution >= 0.6 is 0 Å². The maximum atomic E-state index is 14.1. The van der Waals surface area contributed by atoms with Crippen molar-refractivity contribution in [2.75, 3.05) is 19.7 Å². The van der Waals surface area contributed by atoms with Gasteiger partial charge in [0.15, 0.2) is 0 Å². The number of fused-ring (bicyclic) bond motifs is 1. The van der Waals surface area contributed by atoms with Gasteiger partial charge in [0.05, 0.1) is 6.10 Å². The Hall–Kier alpha value is -1.50. The second-order valence-electron chi connectivity index (χ2n) is 6.01. The molecule has 0 saturated carbocycles. The number of carbonyl (C=O) groups is 1. The molecule has 0 spiro atoms. The molecule has 2 aliphatic rings. The first-order valence-corrected chi connectivity index (χ1v) is 7.77. The van der Waals surface area contributed by atoms with Crippen molar-refractivity contribution in [1.82, 2.24) is 10.4 Å². The minimum Gasteiger partial charge on any atom is -0.377 e. The Morgan fingerprint density at radius 2 is 2.32 bits per heavy atom. The number of hydrogen-bond donors (Lipinski definition) is 2. The van der Waals surface area contributed by atoms with E-state index in [-0.39, 0.29) is 17.5 Å². The summed E-state index contributed by atoms with van der Waals surface area (Å²) in [5.74, 6) is -1.06. The van der Waals surface area contributed by atoms with Gasteiger partial charge in [0.25, 0.3) is 5.91 Å². The second-order valence-corrected chi connectivity index (χ2v) is 6.01. The molecule has 3 rings (SSSR count).